The predicted octanol–water partition coefficient (Wildman–Crippen LogP) is 2.58. The smallest absolute Gasteiger partial charge is 0.323 e. The van der Waals surface area contributed by atoms with Gasteiger partial charge >= 0.3 is 5.97 Å². The molecule has 2 aromatic rings. The molecule has 0 aliphatic carbocycles. The summed E-state index contributed by atoms with van der Waals surface area (Å²) in [6, 6.07) is 16.8. The number of likely N-dealkylation sites (N-methyl/N-ethyl adjacent to an activating group) is 1. The first-order valence-corrected chi connectivity index (χ1v) is 7.98. The Morgan fingerprint density at radius 2 is 1.56 bits per heavy atom. The number of amides is 1. The van der Waals surface area contributed by atoms with Crippen molar-refractivity contribution in [3.63, 3.8) is 0 Å². The number of para-hydroxylation sites is 2. The van der Waals surface area contributed by atoms with Gasteiger partial charge in [-0.05, 0) is 24.6 Å². The number of hydrogen-bond acceptors (Lipinski definition) is 4. The van der Waals surface area contributed by atoms with E-state index in [1.165, 1.54) is 4.90 Å². The largest absolute Gasteiger partial charge is 0.485 e. The van der Waals surface area contributed by atoms with Crippen LogP contribution in [0, 0.1) is 0 Å². The highest BCUT2D eigenvalue weighted by Crippen LogP contribution is 2.27. The summed E-state index contributed by atoms with van der Waals surface area (Å²) in [5.41, 5.74) is 1.02. The van der Waals surface area contributed by atoms with E-state index in [0.29, 0.717) is 24.7 Å². The van der Waals surface area contributed by atoms with Crippen molar-refractivity contribution in [2.75, 3.05) is 19.7 Å². The lowest BCUT2D eigenvalue weighted by atomic mass is 10.2. The summed E-state index contributed by atoms with van der Waals surface area (Å²) < 4.78 is 11.3. The first-order valence-electron chi connectivity index (χ1n) is 7.98. The molecule has 0 saturated heterocycles. The number of carbonyl (C=O) groups is 2. The van der Waals surface area contributed by atoms with Crippen molar-refractivity contribution >= 4 is 11.9 Å². The minimum absolute atomic E-state index is 0.243. The fourth-order valence-electron chi connectivity index (χ4n) is 2.19. The van der Waals surface area contributed by atoms with Gasteiger partial charge in [-0.3, -0.25) is 9.59 Å². The Morgan fingerprint density at radius 3 is 2.16 bits per heavy atom. The van der Waals surface area contributed by atoms with Crippen molar-refractivity contribution in [2.45, 2.75) is 13.5 Å². The van der Waals surface area contributed by atoms with Crippen molar-refractivity contribution < 1.29 is 24.2 Å². The summed E-state index contributed by atoms with van der Waals surface area (Å²) >= 11 is 0. The molecule has 2 aromatic carbocycles. The third kappa shape index (κ3) is 5.84. The van der Waals surface area contributed by atoms with Gasteiger partial charge in [0, 0.05) is 6.54 Å². The lowest BCUT2D eigenvalue weighted by Crippen LogP contribution is -2.38. The van der Waals surface area contributed by atoms with E-state index in [1.807, 2.05) is 36.4 Å². The fraction of sp³-hybridized carbons (Fsp3) is 0.263. The molecule has 132 valence electrons. The second kappa shape index (κ2) is 9.32. The van der Waals surface area contributed by atoms with Crippen molar-refractivity contribution in [3.8, 4) is 11.5 Å². The Hall–Kier alpha value is -3.02. The number of carboxylic acids is 1. The molecule has 0 radical (unpaired) electrons. The zero-order valence-electron chi connectivity index (χ0n) is 14.1. The average Bonchev–Trinajstić information content (AvgIpc) is 2.63. The van der Waals surface area contributed by atoms with Crippen molar-refractivity contribution in [3.05, 3.63) is 60.2 Å². The summed E-state index contributed by atoms with van der Waals surface area (Å²) in [5, 5.41) is 8.82. The molecule has 2 rings (SSSR count). The molecular formula is C19H21NO5. The minimum atomic E-state index is -1.05. The molecule has 1 N–H and O–H groups in total. The first kappa shape index (κ1) is 18.3. The fourth-order valence-corrected chi connectivity index (χ4v) is 2.19. The zero-order chi connectivity index (χ0) is 18.1. The molecule has 25 heavy (non-hydrogen) atoms. The third-order valence-electron chi connectivity index (χ3n) is 3.50. The summed E-state index contributed by atoms with van der Waals surface area (Å²) in [5.74, 6) is -0.469. The molecule has 6 nitrogen and oxygen atoms in total. The number of nitrogens with zero attached hydrogens (tertiary/aromatic N) is 1. The van der Waals surface area contributed by atoms with Crippen LogP contribution in [0.3, 0.4) is 0 Å². The van der Waals surface area contributed by atoms with Crippen molar-refractivity contribution in [1.82, 2.24) is 4.90 Å². The quantitative estimate of drug-likeness (QED) is 0.757. The van der Waals surface area contributed by atoms with E-state index in [4.69, 9.17) is 14.6 Å². The molecule has 0 saturated carbocycles. The molecule has 0 aliphatic heterocycles. The Kier molecular flexibility index (Phi) is 6.83. The van der Waals surface area contributed by atoms with E-state index in [-0.39, 0.29) is 19.1 Å². The van der Waals surface area contributed by atoms with E-state index in [0.717, 1.165) is 5.56 Å². The normalized spacial score (nSPS) is 10.1. The predicted molar refractivity (Wildman–Crippen MR) is 92.6 cm³/mol. The van der Waals surface area contributed by atoms with Gasteiger partial charge in [0.25, 0.3) is 5.91 Å². The monoisotopic (exact) mass is 343 g/mol. The molecule has 0 heterocycles. The van der Waals surface area contributed by atoms with Crippen LogP contribution in [0.1, 0.15) is 12.5 Å². The maximum Gasteiger partial charge on any atom is 0.323 e. The minimum Gasteiger partial charge on any atom is -0.485 e. The second-order valence-corrected chi connectivity index (χ2v) is 5.31. The van der Waals surface area contributed by atoms with Gasteiger partial charge in [0.1, 0.15) is 13.2 Å². The molecule has 0 fully saturated rings. The maximum atomic E-state index is 12.1. The number of ether oxygens (including phenoxy) is 2. The van der Waals surface area contributed by atoms with E-state index in [9.17, 15) is 9.59 Å². The molecule has 0 bridgehead atoms. The van der Waals surface area contributed by atoms with Crippen LogP contribution in [0.4, 0.5) is 0 Å². The molecule has 0 atom stereocenters. The standard InChI is InChI=1S/C19H21NO5/c1-2-20(12-19(22)23)18(21)14-25-17-11-7-6-10-16(17)24-13-15-8-4-3-5-9-15/h3-11H,2,12-14H2,1H3,(H,22,23). The van der Waals surface area contributed by atoms with Crippen molar-refractivity contribution in [1.29, 1.82) is 0 Å². The highest BCUT2D eigenvalue weighted by molar-refractivity contribution is 5.82. The number of benzene rings is 2. The van der Waals surface area contributed by atoms with Crippen LogP contribution in [-0.2, 0) is 16.2 Å². The van der Waals surface area contributed by atoms with Gasteiger partial charge in [-0.25, -0.2) is 0 Å². The highest BCUT2D eigenvalue weighted by atomic mass is 16.5. The van der Waals surface area contributed by atoms with Gasteiger partial charge in [0.2, 0.25) is 0 Å². The highest BCUT2D eigenvalue weighted by Gasteiger charge is 2.16. The Labute approximate surface area is 146 Å². The maximum absolute atomic E-state index is 12.1. The van der Waals surface area contributed by atoms with Crippen molar-refractivity contribution in [2.24, 2.45) is 0 Å². The molecule has 0 aliphatic rings. The summed E-state index contributed by atoms with van der Waals surface area (Å²) in [7, 11) is 0. The lowest BCUT2D eigenvalue weighted by molar-refractivity contribution is -0.145. The van der Waals surface area contributed by atoms with Crippen LogP contribution in [0.2, 0.25) is 0 Å². The third-order valence-corrected chi connectivity index (χ3v) is 3.50. The molecule has 1 amide bonds. The van der Waals surface area contributed by atoms with Gasteiger partial charge in [-0.15, -0.1) is 0 Å². The molecular weight excluding hydrogens is 322 g/mol. The number of aliphatic carboxylic acids is 1. The average molecular weight is 343 g/mol. The van der Waals surface area contributed by atoms with Crippen LogP contribution in [-0.4, -0.2) is 41.6 Å². The van der Waals surface area contributed by atoms with Crippen LogP contribution >= 0.6 is 0 Å². The summed E-state index contributed by atoms with van der Waals surface area (Å²) in [6.45, 7) is 1.82. The summed E-state index contributed by atoms with van der Waals surface area (Å²) in [6.07, 6.45) is 0. The van der Waals surface area contributed by atoms with Crippen LogP contribution in [0.15, 0.2) is 54.6 Å². The van der Waals surface area contributed by atoms with E-state index >= 15 is 0 Å². The second-order valence-electron chi connectivity index (χ2n) is 5.31. The Morgan fingerprint density at radius 1 is 0.960 bits per heavy atom. The SMILES string of the molecule is CCN(CC(=O)O)C(=O)COc1ccccc1OCc1ccccc1. The van der Waals surface area contributed by atoms with Gasteiger partial charge in [0.15, 0.2) is 18.1 Å². The van der Waals surface area contributed by atoms with Gasteiger partial charge in [0.05, 0.1) is 0 Å². The van der Waals surface area contributed by atoms with Gasteiger partial charge in [-0.1, -0.05) is 42.5 Å². The van der Waals surface area contributed by atoms with E-state index in [1.54, 1.807) is 25.1 Å². The van der Waals surface area contributed by atoms with Gasteiger partial charge < -0.3 is 19.5 Å². The molecule has 0 unspecified atom stereocenters. The van der Waals surface area contributed by atoms with E-state index < -0.39 is 5.97 Å². The van der Waals surface area contributed by atoms with Crippen LogP contribution in [0.25, 0.3) is 0 Å². The molecule has 0 spiro atoms. The Bertz CT molecular complexity index is 702. The number of carbonyl (C=O) groups excluding carboxylic acids is 1. The number of carboxylic acid groups (broad SMARTS) is 1. The molecule has 0 aromatic heterocycles. The van der Waals surface area contributed by atoms with Crippen LogP contribution in [0.5, 0.6) is 11.5 Å². The van der Waals surface area contributed by atoms with E-state index in [2.05, 4.69) is 0 Å². The lowest BCUT2D eigenvalue weighted by Gasteiger charge is -2.19. The zero-order valence-corrected chi connectivity index (χ0v) is 14.1. The number of rotatable bonds is 9. The summed E-state index contributed by atoms with van der Waals surface area (Å²) in [4.78, 5) is 24.1. The first-order chi connectivity index (χ1) is 12.1. The topological polar surface area (TPSA) is 76.1 Å². The molecule has 6 heteroatoms. The van der Waals surface area contributed by atoms with Crippen LogP contribution < -0.4 is 9.47 Å². The number of hydrogen-bond donors (Lipinski definition) is 1. The Balaban J connectivity index is 1.95. The van der Waals surface area contributed by atoms with Gasteiger partial charge in [-0.2, -0.15) is 0 Å².